The molecule has 0 saturated heterocycles. The SMILES string of the molecule is COc1ccc(Oc2nc(Br)cs2)cc1. The first-order valence-corrected chi connectivity index (χ1v) is 5.88. The van der Waals surface area contributed by atoms with Gasteiger partial charge >= 0.3 is 0 Å². The van der Waals surface area contributed by atoms with Gasteiger partial charge < -0.3 is 9.47 Å². The summed E-state index contributed by atoms with van der Waals surface area (Å²) in [5.41, 5.74) is 0. The fourth-order valence-corrected chi connectivity index (χ4v) is 2.14. The summed E-state index contributed by atoms with van der Waals surface area (Å²) < 4.78 is 11.4. The van der Waals surface area contributed by atoms with Crippen LogP contribution in [-0.4, -0.2) is 12.1 Å². The van der Waals surface area contributed by atoms with Crippen LogP contribution in [0.3, 0.4) is 0 Å². The number of benzene rings is 1. The number of thiazole rings is 1. The standard InChI is InChI=1S/C10H8BrNO2S/c1-13-7-2-4-8(5-3-7)14-10-12-9(11)6-15-10/h2-6H,1H3. The van der Waals surface area contributed by atoms with Gasteiger partial charge in [-0.1, -0.05) is 11.3 Å². The Morgan fingerprint density at radius 1 is 1.20 bits per heavy atom. The number of ether oxygens (including phenoxy) is 2. The number of rotatable bonds is 3. The van der Waals surface area contributed by atoms with Gasteiger partial charge in [-0.25, -0.2) is 0 Å². The Morgan fingerprint density at radius 3 is 2.40 bits per heavy atom. The zero-order valence-corrected chi connectivity index (χ0v) is 10.3. The van der Waals surface area contributed by atoms with Gasteiger partial charge in [-0.2, -0.15) is 4.98 Å². The fraction of sp³-hybridized carbons (Fsp3) is 0.100. The molecule has 0 fully saturated rings. The highest BCUT2D eigenvalue weighted by atomic mass is 79.9. The first-order chi connectivity index (χ1) is 7.28. The summed E-state index contributed by atoms with van der Waals surface area (Å²) in [5, 5.41) is 2.49. The molecule has 0 unspecified atom stereocenters. The van der Waals surface area contributed by atoms with E-state index in [9.17, 15) is 0 Å². The van der Waals surface area contributed by atoms with E-state index in [0.29, 0.717) is 5.19 Å². The van der Waals surface area contributed by atoms with Crippen molar-refractivity contribution in [1.29, 1.82) is 0 Å². The van der Waals surface area contributed by atoms with Crippen molar-refractivity contribution in [3.63, 3.8) is 0 Å². The van der Waals surface area contributed by atoms with Crippen molar-refractivity contribution >= 4 is 27.3 Å². The first-order valence-electron chi connectivity index (χ1n) is 4.21. The molecule has 0 aliphatic heterocycles. The third-order valence-corrected chi connectivity index (χ3v) is 3.15. The number of halogens is 1. The predicted molar refractivity (Wildman–Crippen MR) is 62.9 cm³/mol. The maximum atomic E-state index is 5.52. The smallest absolute Gasteiger partial charge is 0.279 e. The first kappa shape index (κ1) is 10.4. The van der Waals surface area contributed by atoms with Crippen molar-refractivity contribution in [1.82, 2.24) is 4.98 Å². The lowest BCUT2D eigenvalue weighted by atomic mass is 10.3. The molecular weight excluding hydrogens is 278 g/mol. The molecule has 0 N–H and O–H groups in total. The maximum absolute atomic E-state index is 5.52. The van der Waals surface area contributed by atoms with E-state index in [4.69, 9.17) is 9.47 Å². The molecule has 0 bridgehead atoms. The van der Waals surface area contributed by atoms with Crippen molar-refractivity contribution in [2.45, 2.75) is 0 Å². The van der Waals surface area contributed by atoms with Gasteiger partial charge in [0.15, 0.2) is 0 Å². The predicted octanol–water partition coefficient (Wildman–Crippen LogP) is 3.71. The van der Waals surface area contributed by atoms with E-state index in [2.05, 4.69) is 20.9 Å². The minimum absolute atomic E-state index is 0.618. The van der Waals surface area contributed by atoms with Crippen LogP contribution < -0.4 is 9.47 Å². The summed E-state index contributed by atoms with van der Waals surface area (Å²) in [6.45, 7) is 0. The highest BCUT2D eigenvalue weighted by Crippen LogP contribution is 2.28. The van der Waals surface area contributed by atoms with Gasteiger partial charge in [0.2, 0.25) is 0 Å². The Balaban J connectivity index is 2.11. The van der Waals surface area contributed by atoms with E-state index in [-0.39, 0.29) is 0 Å². The lowest BCUT2D eigenvalue weighted by Gasteiger charge is -2.02. The normalized spacial score (nSPS) is 10.0. The molecule has 5 heteroatoms. The second kappa shape index (κ2) is 4.63. The zero-order valence-electron chi connectivity index (χ0n) is 7.94. The van der Waals surface area contributed by atoms with Gasteiger partial charge in [0.05, 0.1) is 7.11 Å². The van der Waals surface area contributed by atoms with Crippen molar-refractivity contribution in [3.05, 3.63) is 34.2 Å². The quantitative estimate of drug-likeness (QED) is 0.862. The monoisotopic (exact) mass is 285 g/mol. The molecule has 15 heavy (non-hydrogen) atoms. The Morgan fingerprint density at radius 2 is 1.87 bits per heavy atom. The number of hydrogen-bond acceptors (Lipinski definition) is 4. The molecule has 1 aromatic heterocycles. The number of aromatic nitrogens is 1. The topological polar surface area (TPSA) is 31.4 Å². The second-order valence-corrected chi connectivity index (χ2v) is 4.35. The third kappa shape index (κ3) is 2.70. The lowest BCUT2D eigenvalue weighted by molar-refractivity contribution is 0.412. The summed E-state index contributed by atoms with van der Waals surface area (Å²) in [6, 6.07) is 7.37. The molecule has 3 nitrogen and oxygen atoms in total. The molecule has 0 radical (unpaired) electrons. The van der Waals surface area contributed by atoms with Crippen LogP contribution in [-0.2, 0) is 0 Å². The lowest BCUT2D eigenvalue weighted by Crippen LogP contribution is -1.84. The molecule has 1 aromatic carbocycles. The number of hydrogen-bond donors (Lipinski definition) is 0. The molecule has 78 valence electrons. The van der Waals surface area contributed by atoms with Crippen molar-refractivity contribution in [2.24, 2.45) is 0 Å². The van der Waals surface area contributed by atoms with Gasteiger partial charge in [-0.05, 0) is 40.2 Å². The Kier molecular flexibility index (Phi) is 3.23. The molecule has 0 atom stereocenters. The van der Waals surface area contributed by atoms with E-state index in [1.807, 2.05) is 29.6 Å². The molecule has 1 heterocycles. The molecule has 0 aliphatic carbocycles. The van der Waals surface area contributed by atoms with Crippen molar-refractivity contribution in [2.75, 3.05) is 7.11 Å². The average molecular weight is 286 g/mol. The molecule has 2 aromatic rings. The summed E-state index contributed by atoms with van der Waals surface area (Å²) >= 11 is 4.71. The molecule has 0 saturated carbocycles. The highest BCUT2D eigenvalue weighted by Gasteiger charge is 2.02. The van der Waals surface area contributed by atoms with Gasteiger partial charge in [0.25, 0.3) is 5.19 Å². The van der Waals surface area contributed by atoms with Gasteiger partial charge in [0, 0.05) is 5.38 Å². The molecule has 0 amide bonds. The number of nitrogens with zero attached hydrogens (tertiary/aromatic N) is 1. The van der Waals surface area contributed by atoms with Crippen molar-refractivity contribution < 1.29 is 9.47 Å². The average Bonchev–Trinajstić information content (AvgIpc) is 2.65. The van der Waals surface area contributed by atoms with Crippen LogP contribution in [0.5, 0.6) is 16.7 Å². The maximum Gasteiger partial charge on any atom is 0.279 e. The van der Waals surface area contributed by atoms with Crippen LogP contribution in [0, 0.1) is 0 Å². The van der Waals surface area contributed by atoms with Crippen LogP contribution in [0.4, 0.5) is 0 Å². The number of methoxy groups -OCH3 is 1. The van der Waals surface area contributed by atoms with E-state index < -0.39 is 0 Å². The van der Waals surface area contributed by atoms with Crippen LogP contribution in [0.1, 0.15) is 0 Å². The summed E-state index contributed by atoms with van der Waals surface area (Å²) in [6.07, 6.45) is 0. The van der Waals surface area contributed by atoms with Crippen molar-refractivity contribution in [3.8, 4) is 16.7 Å². The Bertz CT molecular complexity index is 441. The molecule has 0 spiro atoms. The van der Waals surface area contributed by atoms with E-state index >= 15 is 0 Å². The zero-order chi connectivity index (χ0) is 10.7. The second-order valence-electron chi connectivity index (χ2n) is 2.71. The van der Waals surface area contributed by atoms with Crippen LogP contribution in [0.25, 0.3) is 0 Å². The third-order valence-electron chi connectivity index (χ3n) is 1.72. The minimum Gasteiger partial charge on any atom is -0.497 e. The highest BCUT2D eigenvalue weighted by molar-refractivity contribution is 9.10. The minimum atomic E-state index is 0.618. The van der Waals surface area contributed by atoms with Gasteiger partial charge in [0.1, 0.15) is 16.1 Å². The Hall–Kier alpha value is -1.07. The molecular formula is C10H8BrNO2S. The van der Waals surface area contributed by atoms with Crippen LogP contribution >= 0.6 is 27.3 Å². The van der Waals surface area contributed by atoms with E-state index in [1.165, 1.54) is 11.3 Å². The summed E-state index contributed by atoms with van der Waals surface area (Å²) in [4.78, 5) is 4.13. The summed E-state index contributed by atoms with van der Waals surface area (Å²) in [5.74, 6) is 1.56. The summed E-state index contributed by atoms with van der Waals surface area (Å²) in [7, 11) is 1.63. The van der Waals surface area contributed by atoms with E-state index in [1.54, 1.807) is 7.11 Å². The van der Waals surface area contributed by atoms with E-state index in [0.717, 1.165) is 16.1 Å². The van der Waals surface area contributed by atoms with Crippen LogP contribution in [0.15, 0.2) is 34.2 Å². The largest absolute Gasteiger partial charge is 0.497 e. The van der Waals surface area contributed by atoms with Gasteiger partial charge in [-0.3, -0.25) is 0 Å². The fourth-order valence-electron chi connectivity index (χ4n) is 1.03. The molecule has 2 rings (SSSR count). The Labute approximate surface area is 99.8 Å². The molecule has 0 aliphatic rings. The van der Waals surface area contributed by atoms with Crippen LogP contribution in [0.2, 0.25) is 0 Å². The van der Waals surface area contributed by atoms with Gasteiger partial charge in [-0.15, -0.1) is 0 Å².